The predicted molar refractivity (Wildman–Crippen MR) is 69.0 cm³/mol. The van der Waals surface area contributed by atoms with Gasteiger partial charge < -0.3 is 14.6 Å². The molecule has 0 aliphatic carbocycles. The van der Waals surface area contributed by atoms with Gasteiger partial charge in [-0.2, -0.15) is 0 Å². The van der Waals surface area contributed by atoms with E-state index < -0.39 is 5.60 Å². The molecule has 1 aromatic rings. The summed E-state index contributed by atoms with van der Waals surface area (Å²) < 4.78 is 10.8. The molecule has 0 spiro atoms. The molecule has 3 heteroatoms. The van der Waals surface area contributed by atoms with Crippen LogP contribution in [0.15, 0.2) is 18.2 Å². The average Bonchev–Trinajstić information content (AvgIpc) is 2.85. The maximum Gasteiger partial charge on any atom is 0.122 e. The van der Waals surface area contributed by atoms with Gasteiger partial charge in [-0.25, -0.2) is 0 Å². The number of benzene rings is 1. The topological polar surface area (TPSA) is 38.7 Å². The predicted octanol–water partition coefficient (Wildman–Crippen LogP) is 2.10. The van der Waals surface area contributed by atoms with E-state index in [1.54, 1.807) is 0 Å². The van der Waals surface area contributed by atoms with E-state index in [0.717, 1.165) is 44.5 Å². The molecule has 0 bridgehead atoms. The summed E-state index contributed by atoms with van der Waals surface area (Å²) in [6.07, 6.45) is 4.31. The minimum absolute atomic E-state index is 0.520. The molecule has 1 saturated heterocycles. The van der Waals surface area contributed by atoms with Gasteiger partial charge in [-0.15, -0.1) is 0 Å². The minimum atomic E-state index is -0.520. The van der Waals surface area contributed by atoms with E-state index in [1.807, 2.05) is 0 Å². The van der Waals surface area contributed by atoms with Crippen LogP contribution in [0, 0.1) is 0 Å². The smallest absolute Gasteiger partial charge is 0.122 e. The molecule has 2 aliphatic heterocycles. The Morgan fingerprint density at radius 2 is 2.00 bits per heavy atom. The number of aryl methyl sites for hydroxylation is 1. The van der Waals surface area contributed by atoms with Gasteiger partial charge in [0.25, 0.3) is 0 Å². The van der Waals surface area contributed by atoms with E-state index >= 15 is 0 Å². The second-order valence-corrected chi connectivity index (χ2v) is 5.38. The maximum absolute atomic E-state index is 10.4. The fourth-order valence-electron chi connectivity index (χ4n) is 2.77. The number of hydrogen-bond acceptors (Lipinski definition) is 3. The molecule has 3 rings (SSSR count). The Bertz CT molecular complexity index is 422. The summed E-state index contributed by atoms with van der Waals surface area (Å²) >= 11 is 0. The fraction of sp³-hybridized carbons (Fsp3) is 0.600. The Kier molecular flexibility index (Phi) is 3.27. The fourth-order valence-corrected chi connectivity index (χ4v) is 2.77. The maximum atomic E-state index is 10.4. The summed E-state index contributed by atoms with van der Waals surface area (Å²) in [6, 6.07) is 6.41. The number of fused-ring (bicyclic) bond motifs is 1. The molecule has 0 radical (unpaired) electrons. The quantitative estimate of drug-likeness (QED) is 0.890. The van der Waals surface area contributed by atoms with Crippen LogP contribution in [0.3, 0.4) is 0 Å². The van der Waals surface area contributed by atoms with Gasteiger partial charge in [0.2, 0.25) is 0 Å². The zero-order chi connectivity index (χ0) is 12.4. The van der Waals surface area contributed by atoms with Crippen molar-refractivity contribution in [1.82, 2.24) is 0 Å². The number of rotatable bonds is 3. The molecule has 0 aromatic heterocycles. The number of aliphatic hydroxyl groups is 1. The first-order valence-electron chi connectivity index (χ1n) is 6.80. The highest BCUT2D eigenvalue weighted by Crippen LogP contribution is 2.29. The van der Waals surface area contributed by atoms with Crippen molar-refractivity contribution < 1.29 is 14.6 Å². The third-order valence-electron chi connectivity index (χ3n) is 4.06. The van der Waals surface area contributed by atoms with E-state index in [4.69, 9.17) is 9.47 Å². The Morgan fingerprint density at radius 3 is 2.83 bits per heavy atom. The molecule has 1 aromatic carbocycles. The van der Waals surface area contributed by atoms with Crippen molar-refractivity contribution in [2.75, 3.05) is 19.8 Å². The lowest BCUT2D eigenvalue weighted by molar-refractivity contribution is -0.0676. The molecule has 0 amide bonds. The van der Waals surface area contributed by atoms with Crippen LogP contribution < -0.4 is 4.74 Å². The molecule has 0 atom stereocenters. The molecule has 0 saturated carbocycles. The van der Waals surface area contributed by atoms with Crippen LogP contribution in [0.2, 0.25) is 0 Å². The average molecular weight is 248 g/mol. The van der Waals surface area contributed by atoms with E-state index in [0.29, 0.717) is 13.2 Å². The van der Waals surface area contributed by atoms with E-state index in [1.165, 1.54) is 11.1 Å². The highest BCUT2D eigenvalue weighted by atomic mass is 16.5. The summed E-state index contributed by atoms with van der Waals surface area (Å²) in [5.74, 6) is 1.03. The van der Waals surface area contributed by atoms with Crippen molar-refractivity contribution >= 4 is 0 Å². The molecule has 1 N–H and O–H groups in total. The lowest BCUT2D eigenvalue weighted by Crippen LogP contribution is -2.36. The van der Waals surface area contributed by atoms with Crippen LogP contribution in [0.25, 0.3) is 0 Å². The SMILES string of the molecule is OC1(CCc2ccc3c(c2)CCO3)CCOCC1. The van der Waals surface area contributed by atoms with Gasteiger partial charge in [-0.1, -0.05) is 12.1 Å². The van der Waals surface area contributed by atoms with Gasteiger partial charge in [0.05, 0.1) is 12.2 Å². The van der Waals surface area contributed by atoms with Crippen LogP contribution in [0.1, 0.15) is 30.4 Å². The van der Waals surface area contributed by atoms with Crippen molar-refractivity contribution in [3.05, 3.63) is 29.3 Å². The second kappa shape index (κ2) is 4.90. The van der Waals surface area contributed by atoms with Crippen LogP contribution in [0.5, 0.6) is 5.75 Å². The lowest BCUT2D eigenvalue weighted by Gasteiger charge is -2.32. The number of hydrogen-bond donors (Lipinski definition) is 1. The minimum Gasteiger partial charge on any atom is -0.493 e. The monoisotopic (exact) mass is 248 g/mol. The Hall–Kier alpha value is -1.06. The molecule has 0 unspecified atom stereocenters. The van der Waals surface area contributed by atoms with Gasteiger partial charge in [0, 0.05) is 19.6 Å². The molecule has 1 fully saturated rings. The molecule has 98 valence electrons. The van der Waals surface area contributed by atoms with Crippen molar-refractivity contribution in [1.29, 1.82) is 0 Å². The Balaban J connectivity index is 1.62. The van der Waals surface area contributed by atoms with Gasteiger partial charge in [-0.3, -0.25) is 0 Å². The molecule has 3 nitrogen and oxygen atoms in total. The first-order chi connectivity index (χ1) is 8.75. The van der Waals surface area contributed by atoms with Crippen LogP contribution in [-0.2, 0) is 17.6 Å². The highest BCUT2D eigenvalue weighted by Gasteiger charge is 2.29. The number of ether oxygens (including phenoxy) is 2. The zero-order valence-electron chi connectivity index (χ0n) is 10.7. The van der Waals surface area contributed by atoms with E-state index in [9.17, 15) is 5.11 Å². The molecule has 18 heavy (non-hydrogen) atoms. The molecule has 2 heterocycles. The first kappa shape index (κ1) is 12.0. The largest absolute Gasteiger partial charge is 0.493 e. The summed E-state index contributed by atoms with van der Waals surface area (Å²) in [6.45, 7) is 2.18. The second-order valence-electron chi connectivity index (χ2n) is 5.38. The van der Waals surface area contributed by atoms with Gasteiger partial charge in [0.15, 0.2) is 0 Å². The molecular formula is C15H20O3. The summed E-state index contributed by atoms with van der Waals surface area (Å²) in [5, 5.41) is 10.4. The zero-order valence-corrected chi connectivity index (χ0v) is 10.7. The summed E-state index contributed by atoms with van der Waals surface area (Å²) in [5.41, 5.74) is 2.10. The molecule has 2 aliphatic rings. The lowest BCUT2D eigenvalue weighted by atomic mass is 9.87. The van der Waals surface area contributed by atoms with E-state index in [2.05, 4.69) is 18.2 Å². The van der Waals surface area contributed by atoms with Crippen LogP contribution in [-0.4, -0.2) is 30.5 Å². The third-order valence-corrected chi connectivity index (χ3v) is 4.06. The highest BCUT2D eigenvalue weighted by molar-refractivity contribution is 5.39. The van der Waals surface area contributed by atoms with Gasteiger partial charge >= 0.3 is 0 Å². The Morgan fingerprint density at radius 1 is 1.17 bits per heavy atom. The van der Waals surface area contributed by atoms with Gasteiger partial charge in [0.1, 0.15) is 5.75 Å². The summed E-state index contributed by atoms with van der Waals surface area (Å²) in [4.78, 5) is 0. The Labute approximate surface area is 108 Å². The molecular weight excluding hydrogens is 228 g/mol. The first-order valence-corrected chi connectivity index (χ1v) is 6.80. The van der Waals surface area contributed by atoms with Crippen LogP contribution in [0.4, 0.5) is 0 Å². The third kappa shape index (κ3) is 2.52. The van der Waals surface area contributed by atoms with Crippen molar-refractivity contribution in [3.63, 3.8) is 0 Å². The van der Waals surface area contributed by atoms with Crippen molar-refractivity contribution in [3.8, 4) is 5.75 Å². The van der Waals surface area contributed by atoms with Crippen LogP contribution >= 0.6 is 0 Å². The van der Waals surface area contributed by atoms with Crippen molar-refractivity contribution in [2.24, 2.45) is 0 Å². The normalized spacial score (nSPS) is 21.4. The van der Waals surface area contributed by atoms with Gasteiger partial charge in [-0.05, 0) is 42.9 Å². The van der Waals surface area contributed by atoms with Crippen molar-refractivity contribution in [2.45, 2.75) is 37.7 Å². The summed E-state index contributed by atoms with van der Waals surface area (Å²) in [7, 11) is 0. The van der Waals surface area contributed by atoms with E-state index in [-0.39, 0.29) is 0 Å². The standard InChI is InChI=1S/C15H20O3/c16-15(6-9-17-10-7-15)5-3-12-1-2-14-13(11-12)4-8-18-14/h1-2,11,16H,3-10H2.